The third kappa shape index (κ3) is 3.71. The van der Waals surface area contributed by atoms with Gasteiger partial charge < -0.3 is 0 Å². The zero-order valence-corrected chi connectivity index (χ0v) is 10.2. The predicted molar refractivity (Wildman–Crippen MR) is 58.1 cm³/mol. The molecule has 3 nitrogen and oxygen atoms in total. The molecule has 0 N–H and O–H groups in total. The highest BCUT2D eigenvalue weighted by Crippen LogP contribution is 2.18. The summed E-state index contributed by atoms with van der Waals surface area (Å²) in [7, 11) is -3.39. The molecule has 0 aliphatic carbocycles. The first kappa shape index (κ1) is 12.3. The van der Waals surface area contributed by atoms with Gasteiger partial charge in [-0.05, 0) is 18.2 Å². The van der Waals surface area contributed by atoms with Crippen LogP contribution in [-0.4, -0.2) is 26.2 Å². The molecule has 82 valence electrons. The van der Waals surface area contributed by atoms with Crippen LogP contribution in [0.25, 0.3) is 0 Å². The van der Waals surface area contributed by atoms with Gasteiger partial charge in [-0.1, -0.05) is 15.9 Å². The first-order chi connectivity index (χ1) is 6.79. The van der Waals surface area contributed by atoms with Crippen LogP contribution in [0.4, 0.5) is 4.39 Å². The molecule has 0 spiro atoms. The Bertz CT molecular complexity index is 496. The van der Waals surface area contributed by atoms with Crippen molar-refractivity contribution in [1.82, 2.24) is 0 Å². The van der Waals surface area contributed by atoms with Crippen molar-refractivity contribution in [2.24, 2.45) is 0 Å². The quantitative estimate of drug-likeness (QED) is 0.799. The van der Waals surface area contributed by atoms with Gasteiger partial charge in [0.2, 0.25) is 0 Å². The molecule has 0 saturated heterocycles. The second kappa shape index (κ2) is 4.40. The molecular formula is C9H8BrFO3S. The van der Waals surface area contributed by atoms with Crippen LogP contribution < -0.4 is 0 Å². The predicted octanol–water partition coefficient (Wildman–Crippen LogP) is 1.82. The van der Waals surface area contributed by atoms with E-state index in [9.17, 15) is 17.6 Å². The molecule has 0 aromatic heterocycles. The topological polar surface area (TPSA) is 51.2 Å². The van der Waals surface area contributed by atoms with Crippen LogP contribution in [0.5, 0.6) is 0 Å². The fraction of sp³-hybridized carbons (Fsp3) is 0.222. The molecule has 1 aromatic rings. The summed E-state index contributed by atoms with van der Waals surface area (Å²) in [5, 5.41) is 0. The maximum atomic E-state index is 12.8. The van der Waals surface area contributed by atoms with Crippen molar-refractivity contribution in [2.75, 3.05) is 12.0 Å². The summed E-state index contributed by atoms with van der Waals surface area (Å²) in [6, 6.07) is 3.56. The van der Waals surface area contributed by atoms with E-state index in [2.05, 4.69) is 15.9 Å². The molecule has 0 saturated carbocycles. The van der Waals surface area contributed by atoms with Gasteiger partial charge in [-0.15, -0.1) is 0 Å². The van der Waals surface area contributed by atoms with Crippen molar-refractivity contribution >= 4 is 31.6 Å². The van der Waals surface area contributed by atoms with Gasteiger partial charge in [-0.2, -0.15) is 0 Å². The van der Waals surface area contributed by atoms with Crippen LogP contribution in [0, 0.1) is 5.82 Å². The number of rotatable bonds is 3. The third-order valence-corrected chi connectivity index (χ3v) is 3.10. The number of carbonyl (C=O) groups is 1. The molecular weight excluding hydrogens is 287 g/mol. The molecule has 0 fully saturated rings. The lowest BCUT2D eigenvalue weighted by Gasteiger charge is -2.02. The molecule has 6 heteroatoms. The van der Waals surface area contributed by atoms with E-state index in [4.69, 9.17) is 0 Å². The Morgan fingerprint density at radius 1 is 1.47 bits per heavy atom. The minimum absolute atomic E-state index is 0.0421. The van der Waals surface area contributed by atoms with Gasteiger partial charge in [0.05, 0.1) is 0 Å². The van der Waals surface area contributed by atoms with Crippen LogP contribution in [0.3, 0.4) is 0 Å². The molecule has 15 heavy (non-hydrogen) atoms. The number of halogens is 2. The van der Waals surface area contributed by atoms with Gasteiger partial charge >= 0.3 is 0 Å². The lowest BCUT2D eigenvalue weighted by atomic mass is 10.1. The summed E-state index contributed by atoms with van der Waals surface area (Å²) < 4.78 is 35.0. The maximum absolute atomic E-state index is 12.8. The van der Waals surface area contributed by atoms with Crippen molar-refractivity contribution in [3.05, 3.63) is 34.1 Å². The molecule has 0 aliphatic rings. The van der Waals surface area contributed by atoms with Crippen LogP contribution in [0.15, 0.2) is 22.7 Å². The molecule has 0 amide bonds. The number of hydrogen-bond acceptors (Lipinski definition) is 3. The molecule has 0 unspecified atom stereocenters. The zero-order valence-electron chi connectivity index (χ0n) is 7.83. The SMILES string of the molecule is CS(=O)(=O)CC(=O)c1cc(F)ccc1Br. The largest absolute Gasteiger partial charge is 0.293 e. The normalized spacial score (nSPS) is 11.4. The first-order valence-electron chi connectivity index (χ1n) is 3.95. The summed E-state index contributed by atoms with van der Waals surface area (Å²) in [6.45, 7) is 0. The van der Waals surface area contributed by atoms with Crippen LogP contribution in [0.2, 0.25) is 0 Å². The number of ketones is 1. The van der Waals surface area contributed by atoms with E-state index >= 15 is 0 Å². The maximum Gasteiger partial charge on any atom is 0.179 e. The Morgan fingerprint density at radius 2 is 2.07 bits per heavy atom. The second-order valence-electron chi connectivity index (χ2n) is 3.12. The van der Waals surface area contributed by atoms with Crippen LogP contribution >= 0.6 is 15.9 Å². The fourth-order valence-electron chi connectivity index (χ4n) is 1.03. The van der Waals surface area contributed by atoms with Gasteiger partial charge in [-0.3, -0.25) is 4.79 Å². The summed E-state index contributed by atoms with van der Waals surface area (Å²) in [4.78, 5) is 11.5. The molecule has 1 aromatic carbocycles. The van der Waals surface area contributed by atoms with Gasteiger partial charge in [0, 0.05) is 16.3 Å². The number of carbonyl (C=O) groups excluding carboxylic acids is 1. The summed E-state index contributed by atoms with van der Waals surface area (Å²) >= 11 is 3.06. The minimum Gasteiger partial charge on any atom is -0.293 e. The molecule has 1 rings (SSSR count). The summed E-state index contributed by atoms with van der Waals surface area (Å²) in [5.41, 5.74) is 0.0421. The van der Waals surface area contributed by atoms with E-state index in [0.29, 0.717) is 4.47 Å². The standard InChI is InChI=1S/C9H8BrFO3S/c1-15(13,14)5-9(12)7-4-6(11)2-3-8(7)10/h2-4H,5H2,1H3. The Labute approximate surface area is 95.3 Å². The monoisotopic (exact) mass is 294 g/mol. The van der Waals surface area contributed by atoms with Crippen LogP contribution in [0.1, 0.15) is 10.4 Å². The van der Waals surface area contributed by atoms with Crippen molar-refractivity contribution in [1.29, 1.82) is 0 Å². The highest BCUT2D eigenvalue weighted by molar-refractivity contribution is 9.10. The number of Topliss-reactive ketones (excluding diaryl/α,β-unsaturated/α-hetero) is 1. The lowest BCUT2D eigenvalue weighted by molar-refractivity contribution is 0.102. The molecule has 0 bridgehead atoms. The highest BCUT2D eigenvalue weighted by Gasteiger charge is 2.16. The smallest absolute Gasteiger partial charge is 0.179 e. The van der Waals surface area contributed by atoms with E-state index in [1.165, 1.54) is 12.1 Å². The average molecular weight is 295 g/mol. The Balaban J connectivity index is 3.06. The Morgan fingerprint density at radius 3 is 2.60 bits per heavy atom. The summed E-state index contributed by atoms with van der Waals surface area (Å²) in [5.74, 6) is -1.81. The first-order valence-corrected chi connectivity index (χ1v) is 6.81. The lowest BCUT2D eigenvalue weighted by Crippen LogP contribution is -2.15. The zero-order chi connectivity index (χ0) is 11.6. The van der Waals surface area contributed by atoms with E-state index in [-0.39, 0.29) is 5.56 Å². The van der Waals surface area contributed by atoms with Gasteiger partial charge in [0.15, 0.2) is 15.6 Å². The summed E-state index contributed by atoms with van der Waals surface area (Å²) in [6.07, 6.45) is 0.956. The number of benzene rings is 1. The van der Waals surface area contributed by atoms with Gasteiger partial charge in [0.25, 0.3) is 0 Å². The van der Waals surface area contributed by atoms with Crippen LogP contribution in [-0.2, 0) is 9.84 Å². The van der Waals surface area contributed by atoms with E-state index in [1.807, 2.05) is 0 Å². The Hall–Kier alpha value is -0.750. The van der Waals surface area contributed by atoms with E-state index in [0.717, 1.165) is 12.3 Å². The fourth-order valence-corrected chi connectivity index (χ4v) is 2.13. The molecule has 0 heterocycles. The van der Waals surface area contributed by atoms with Crippen molar-refractivity contribution in [2.45, 2.75) is 0 Å². The molecule has 0 atom stereocenters. The van der Waals surface area contributed by atoms with Crippen molar-refractivity contribution < 1.29 is 17.6 Å². The Kier molecular flexibility index (Phi) is 3.62. The average Bonchev–Trinajstić information content (AvgIpc) is 2.06. The number of hydrogen-bond donors (Lipinski definition) is 0. The number of sulfone groups is 1. The van der Waals surface area contributed by atoms with Gasteiger partial charge in [0.1, 0.15) is 11.6 Å². The highest BCUT2D eigenvalue weighted by atomic mass is 79.9. The second-order valence-corrected chi connectivity index (χ2v) is 6.11. The van der Waals surface area contributed by atoms with E-state index in [1.54, 1.807) is 0 Å². The van der Waals surface area contributed by atoms with Crippen molar-refractivity contribution in [3.63, 3.8) is 0 Å². The third-order valence-electron chi connectivity index (χ3n) is 1.62. The molecule has 0 radical (unpaired) electrons. The van der Waals surface area contributed by atoms with Crippen molar-refractivity contribution in [3.8, 4) is 0 Å². The van der Waals surface area contributed by atoms with E-state index < -0.39 is 27.2 Å². The van der Waals surface area contributed by atoms with Gasteiger partial charge in [-0.25, -0.2) is 12.8 Å². The minimum atomic E-state index is -3.39. The molecule has 0 aliphatic heterocycles.